The van der Waals surface area contributed by atoms with Crippen LogP contribution in [0.2, 0.25) is 0 Å². The van der Waals surface area contributed by atoms with Gasteiger partial charge in [-0.2, -0.15) is 11.8 Å². The van der Waals surface area contributed by atoms with Crippen molar-refractivity contribution < 1.29 is 9.90 Å². The highest BCUT2D eigenvalue weighted by Gasteiger charge is 2.47. The summed E-state index contributed by atoms with van der Waals surface area (Å²) < 4.78 is 0. The summed E-state index contributed by atoms with van der Waals surface area (Å²) in [7, 11) is 0. The zero-order valence-electron chi connectivity index (χ0n) is 9.52. The van der Waals surface area contributed by atoms with E-state index >= 15 is 0 Å². The maximum atomic E-state index is 11.6. The Hall–Kier alpha value is -0.260. The second-order valence-corrected chi connectivity index (χ2v) is 5.93. The minimum atomic E-state index is -0.641. The van der Waals surface area contributed by atoms with E-state index in [4.69, 9.17) is 5.73 Å². The first-order valence-electron chi connectivity index (χ1n) is 5.95. The summed E-state index contributed by atoms with van der Waals surface area (Å²) >= 11 is 1.77. The van der Waals surface area contributed by atoms with E-state index in [1.807, 2.05) is 0 Å². The van der Waals surface area contributed by atoms with Crippen molar-refractivity contribution in [2.75, 3.05) is 31.1 Å². The molecule has 2 rings (SSSR count). The number of rotatable bonds is 3. The minimum absolute atomic E-state index is 0.489. The van der Waals surface area contributed by atoms with Crippen LogP contribution in [0, 0.1) is 5.92 Å². The molecule has 0 radical (unpaired) electrons. The molecule has 2 heterocycles. The monoisotopic (exact) mass is 244 g/mol. The highest BCUT2D eigenvalue weighted by Crippen LogP contribution is 2.35. The topological polar surface area (TPSA) is 66.6 Å². The Kier molecular flexibility index (Phi) is 3.77. The first-order valence-corrected chi connectivity index (χ1v) is 7.11. The molecular formula is C11H20N2O2S. The summed E-state index contributed by atoms with van der Waals surface area (Å²) in [5, 5.41) is 9.52. The molecule has 0 spiro atoms. The summed E-state index contributed by atoms with van der Waals surface area (Å²) in [6.45, 7) is 2.44. The normalized spacial score (nSPS) is 36.4. The Labute approximate surface area is 101 Å². The lowest BCUT2D eigenvalue weighted by Gasteiger charge is -2.40. The van der Waals surface area contributed by atoms with Crippen LogP contribution in [0.4, 0.5) is 0 Å². The average Bonchev–Trinajstić information content (AvgIpc) is 2.78. The van der Waals surface area contributed by atoms with Crippen LogP contribution in [0.3, 0.4) is 0 Å². The van der Waals surface area contributed by atoms with E-state index in [1.54, 1.807) is 11.8 Å². The number of likely N-dealkylation sites (tertiary alicyclic amines) is 1. The van der Waals surface area contributed by atoms with Crippen molar-refractivity contribution in [1.29, 1.82) is 0 Å². The Bertz CT molecular complexity index is 267. The highest BCUT2D eigenvalue weighted by atomic mass is 32.2. The number of hydrogen-bond acceptors (Lipinski definition) is 4. The van der Waals surface area contributed by atoms with Gasteiger partial charge < -0.3 is 10.8 Å². The van der Waals surface area contributed by atoms with Gasteiger partial charge in [0, 0.05) is 12.3 Å². The zero-order valence-corrected chi connectivity index (χ0v) is 10.3. The van der Waals surface area contributed by atoms with Gasteiger partial charge in [-0.25, -0.2) is 0 Å². The van der Waals surface area contributed by atoms with E-state index in [-0.39, 0.29) is 0 Å². The molecule has 0 aromatic carbocycles. The minimum Gasteiger partial charge on any atom is -0.480 e. The van der Waals surface area contributed by atoms with E-state index in [0.717, 1.165) is 43.9 Å². The molecule has 0 saturated carbocycles. The van der Waals surface area contributed by atoms with E-state index in [9.17, 15) is 9.90 Å². The van der Waals surface area contributed by atoms with Crippen LogP contribution in [-0.4, -0.2) is 52.7 Å². The number of nitrogens with zero attached hydrogens (tertiary/aromatic N) is 1. The predicted octanol–water partition coefficient (Wildman–Crippen LogP) is 0.617. The van der Waals surface area contributed by atoms with Crippen LogP contribution in [-0.2, 0) is 4.79 Å². The number of carbonyl (C=O) groups is 1. The van der Waals surface area contributed by atoms with Crippen LogP contribution in [0.5, 0.6) is 0 Å². The molecule has 2 fully saturated rings. The Balaban J connectivity index is 2.10. The third-order valence-electron chi connectivity index (χ3n) is 3.84. The fourth-order valence-corrected chi connectivity index (χ4v) is 4.03. The molecule has 2 aliphatic heterocycles. The lowest BCUT2D eigenvalue weighted by molar-refractivity contribution is -0.150. The van der Waals surface area contributed by atoms with Gasteiger partial charge in [0.25, 0.3) is 0 Å². The van der Waals surface area contributed by atoms with Crippen molar-refractivity contribution in [1.82, 2.24) is 4.90 Å². The maximum Gasteiger partial charge on any atom is 0.324 e. The zero-order chi connectivity index (χ0) is 11.6. The Morgan fingerprint density at radius 3 is 2.94 bits per heavy atom. The van der Waals surface area contributed by atoms with Crippen LogP contribution in [0.25, 0.3) is 0 Å². The first kappa shape index (κ1) is 12.2. The number of nitrogens with two attached hydrogens (primary N) is 1. The number of thioether (sulfide) groups is 1. The molecular weight excluding hydrogens is 224 g/mol. The van der Waals surface area contributed by atoms with Crippen molar-refractivity contribution >= 4 is 17.7 Å². The molecule has 0 bridgehead atoms. The molecule has 92 valence electrons. The van der Waals surface area contributed by atoms with Gasteiger partial charge in [0.1, 0.15) is 5.54 Å². The van der Waals surface area contributed by atoms with Crippen LogP contribution in [0.1, 0.15) is 19.3 Å². The lowest BCUT2D eigenvalue weighted by Crippen LogP contribution is -2.57. The van der Waals surface area contributed by atoms with Crippen LogP contribution >= 0.6 is 11.8 Å². The summed E-state index contributed by atoms with van der Waals surface area (Å²) in [5.41, 5.74) is 5.06. The Morgan fingerprint density at radius 2 is 2.44 bits per heavy atom. The standard InChI is InChI=1S/C11H20N2O2S/c12-6-9-2-4-13(7-9)11(10(14)15)3-1-5-16-8-11/h9H,1-8,12H2,(H,14,15). The van der Waals surface area contributed by atoms with Crippen molar-refractivity contribution in [2.24, 2.45) is 11.7 Å². The third kappa shape index (κ3) is 2.08. The van der Waals surface area contributed by atoms with Crippen molar-refractivity contribution in [3.63, 3.8) is 0 Å². The largest absolute Gasteiger partial charge is 0.480 e. The van der Waals surface area contributed by atoms with Crippen LogP contribution < -0.4 is 5.73 Å². The number of carboxylic acids is 1. The molecule has 2 atom stereocenters. The number of aliphatic carboxylic acids is 1. The van der Waals surface area contributed by atoms with E-state index < -0.39 is 11.5 Å². The summed E-state index contributed by atoms with van der Waals surface area (Å²) in [5.74, 6) is 1.68. The van der Waals surface area contributed by atoms with Gasteiger partial charge in [0.15, 0.2) is 0 Å². The highest BCUT2D eigenvalue weighted by molar-refractivity contribution is 7.99. The van der Waals surface area contributed by atoms with Crippen molar-refractivity contribution in [3.05, 3.63) is 0 Å². The lowest BCUT2D eigenvalue weighted by atomic mass is 9.93. The molecule has 0 aliphatic carbocycles. The average molecular weight is 244 g/mol. The predicted molar refractivity (Wildman–Crippen MR) is 65.7 cm³/mol. The SMILES string of the molecule is NCC1CCN(C2(C(=O)O)CCCSC2)C1. The van der Waals surface area contributed by atoms with E-state index in [1.165, 1.54) is 0 Å². The van der Waals surface area contributed by atoms with Gasteiger partial charge in [-0.05, 0) is 44.0 Å². The number of hydrogen-bond donors (Lipinski definition) is 2. The molecule has 16 heavy (non-hydrogen) atoms. The van der Waals surface area contributed by atoms with Gasteiger partial charge in [-0.15, -0.1) is 0 Å². The van der Waals surface area contributed by atoms with E-state index in [0.29, 0.717) is 12.5 Å². The fraction of sp³-hybridized carbons (Fsp3) is 0.909. The molecule has 5 heteroatoms. The van der Waals surface area contributed by atoms with Crippen molar-refractivity contribution in [3.8, 4) is 0 Å². The second kappa shape index (κ2) is 4.94. The summed E-state index contributed by atoms with van der Waals surface area (Å²) in [6, 6.07) is 0. The molecule has 3 N–H and O–H groups in total. The van der Waals surface area contributed by atoms with Gasteiger partial charge in [-0.1, -0.05) is 0 Å². The third-order valence-corrected chi connectivity index (χ3v) is 5.10. The maximum absolute atomic E-state index is 11.6. The van der Waals surface area contributed by atoms with Gasteiger partial charge in [0.05, 0.1) is 0 Å². The summed E-state index contributed by atoms with van der Waals surface area (Å²) in [6.07, 6.45) is 2.86. The molecule has 4 nitrogen and oxygen atoms in total. The Morgan fingerprint density at radius 1 is 1.62 bits per heavy atom. The van der Waals surface area contributed by atoms with Crippen LogP contribution in [0.15, 0.2) is 0 Å². The van der Waals surface area contributed by atoms with Crippen molar-refractivity contribution in [2.45, 2.75) is 24.8 Å². The fourth-order valence-electron chi connectivity index (χ4n) is 2.75. The summed E-state index contributed by atoms with van der Waals surface area (Å²) in [4.78, 5) is 13.7. The molecule has 2 saturated heterocycles. The molecule has 2 aliphatic rings. The van der Waals surface area contributed by atoms with E-state index in [2.05, 4.69) is 4.90 Å². The van der Waals surface area contributed by atoms with Gasteiger partial charge in [-0.3, -0.25) is 9.69 Å². The molecule has 0 amide bonds. The molecule has 0 aromatic heterocycles. The number of carboxylic acid groups (broad SMARTS) is 1. The first-order chi connectivity index (χ1) is 7.69. The smallest absolute Gasteiger partial charge is 0.324 e. The molecule has 0 aromatic rings. The quantitative estimate of drug-likeness (QED) is 0.762. The van der Waals surface area contributed by atoms with Gasteiger partial charge in [0.2, 0.25) is 0 Å². The second-order valence-electron chi connectivity index (χ2n) is 4.83. The molecule has 2 unspecified atom stereocenters. The van der Waals surface area contributed by atoms with Gasteiger partial charge >= 0.3 is 5.97 Å².